The smallest absolute Gasteiger partial charge is 0.223 e. The van der Waals surface area contributed by atoms with Gasteiger partial charge in [-0.25, -0.2) is 13.8 Å². The molecule has 0 aliphatic carbocycles. The first-order valence-corrected chi connectivity index (χ1v) is 9.53. The number of H-pyrrole nitrogens is 1. The number of amides is 1. The molecule has 27 heavy (non-hydrogen) atoms. The summed E-state index contributed by atoms with van der Waals surface area (Å²) in [6.45, 7) is 4.36. The van der Waals surface area contributed by atoms with Gasteiger partial charge in [0, 0.05) is 50.3 Å². The zero-order valence-electron chi connectivity index (χ0n) is 15.5. The second kappa shape index (κ2) is 7.03. The Morgan fingerprint density at radius 2 is 2.04 bits per heavy atom. The van der Waals surface area contributed by atoms with Gasteiger partial charge in [-0.3, -0.25) is 9.69 Å². The molecule has 2 aliphatic rings. The minimum Gasteiger partial charge on any atom is -0.348 e. The van der Waals surface area contributed by atoms with E-state index in [0.29, 0.717) is 38.2 Å². The Bertz CT molecular complexity index is 842. The van der Waals surface area contributed by atoms with Crippen LogP contribution in [0.25, 0.3) is 0 Å². The maximum absolute atomic E-state index is 14.0. The molecule has 1 aromatic heterocycles. The second-order valence-electron chi connectivity index (χ2n) is 7.42. The van der Waals surface area contributed by atoms with E-state index in [1.165, 1.54) is 12.1 Å². The van der Waals surface area contributed by atoms with Crippen LogP contribution in [0.15, 0.2) is 24.5 Å². The van der Waals surface area contributed by atoms with Crippen molar-refractivity contribution in [3.8, 4) is 0 Å². The third-order valence-electron chi connectivity index (χ3n) is 5.95. The van der Waals surface area contributed by atoms with Crippen molar-refractivity contribution in [2.24, 2.45) is 0 Å². The topological polar surface area (TPSA) is 52.2 Å². The van der Waals surface area contributed by atoms with E-state index in [1.807, 2.05) is 11.8 Å². The van der Waals surface area contributed by atoms with Crippen molar-refractivity contribution in [2.45, 2.75) is 44.7 Å². The second-order valence-corrected chi connectivity index (χ2v) is 7.42. The standard InChI is InChI=1S/C20H24F2N4O/c1-2-18(27)26-8-5-17-19(24-13-23-17)20(26)6-9-25(10-7-20)12-14-11-15(21)3-4-16(14)22/h3-4,11,13H,2,5-10,12H2,1H3,(H,23,24). The van der Waals surface area contributed by atoms with Crippen LogP contribution in [-0.2, 0) is 23.3 Å². The monoisotopic (exact) mass is 374 g/mol. The van der Waals surface area contributed by atoms with Crippen LogP contribution in [0.5, 0.6) is 0 Å². The molecule has 1 aromatic carbocycles. The van der Waals surface area contributed by atoms with Crippen LogP contribution in [0.4, 0.5) is 8.78 Å². The SMILES string of the molecule is CCC(=O)N1CCc2[nH]cnc2C12CCN(Cc1cc(F)ccc1F)CC2. The molecular weight excluding hydrogens is 350 g/mol. The molecule has 0 bridgehead atoms. The van der Waals surface area contributed by atoms with Crippen LogP contribution in [0, 0.1) is 11.6 Å². The summed E-state index contributed by atoms with van der Waals surface area (Å²) in [6.07, 6.45) is 4.46. The zero-order valence-corrected chi connectivity index (χ0v) is 15.5. The van der Waals surface area contributed by atoms with Gasteiger partial charge in [-0.15, -0.1) is 0 Å². The lowest BCUT2D eigenvalue weighted by molar-refractivity contribution is -0.141. The number of carbonyl (C=O) groups is 1. The zero-order chi connectivity index (χ0) is 19.0. The maximum atomic E-state index is 14.0. The number of hydrogen-bond acceptors (Lipinski definition) is 3. The molecule has 0 unspecified atom stereocenters. The first-order valence-electron chi connectivity index (χ1n) is 9.53. The molecule has 144 valence electrons. The number of piperidine rings is 1. The van der Waals surface area contributed by atoms with Crippen molar-refractivity contribution in [1.82, 2.24) is 19.8 Å². The third kappa shape index (κ3) is 3.14. The fraction of sp³-hybridized carbons (Fsp3) is 0.500. The molecule has 1 spiro atoms. The van der Waals surface area contributed by atoms with Gasteiger partial charge in [0.15, 0.2) is 0 Å². The molecule has 1 saturated heterocycles. The minimum atomic E-state index is -0.423. The predicted molar refractivity (Wildman–Crippen MR) is 96.8 cm³/mol. The van der Waals surface area contributed by atoms with Gasteiger partial charge in [0.05, 0.1) is 17.6 Å². The van der Waals surface area contributed by atoms with Crippen molar-refractivity contribution in [3.63, 3.8) is 0 Å². The lowest BCUT2D eigenvalue weighted by Gasteiger charge is -2.50. The molecule has 7 heteroatoms. The average Bonchev–Trinajstić information content (AvgIpc) is 3.16. The molecule has 1 amide bonds. The number of rotatable bonds is 3. The molecule has 2 aromatic rings. The highest BCUT2D eigenvalue weighted by atomic mass is 19.1. The molecule has 0 atom stereocenters. The van der Waals surface area contributed by atoms with E-state index >= 15 is 0 Å². The summed E-state index contributed by atoms with van der Waals surface area (Å²) in [5.41, 5.74) is 2.07. The highest BCUT2D eigenvalue weighted by Crippen LogP contribution is 2.42. The number of aromatic amines is 1. The molecule has 1 N–H and O–H groups in total. The highest BCUT2D eigenvalue weighted by molar-refractivity contribution is 5.77. The summed E-state index contributed by atoms with van der Waals surface area (Å²) in [4.78, 5) is 24.5. The number of likely N-dealkylation sites (tertiary alicyclic amines) is 1. The number of hydrogen-bond donors (Lipinski definition) is 1. The first kappa shape index (κ1) is 18.1. The highest BCUT2D eigenvalue weighted by Gasteiger charge is 2.48. The Kier molecular flexibility index (Phi) is 4.72. The fourth-order valence-electron chi connectivity index (χ4n) is 4.53. The van der Waals surface area contributed by atoms with Gasteiger partial charge in [0.25, 0.3) is 0 Å². The summed E-state index contributed by atoms with van der Waals surface area (Å²) in [6, 6.07) is 3.58. The van der Waals surface area contributed by atoms with Crippen molar-refractivity contribution >= 4 is 5.91 Å². The number of nitrogens with one attached hydrogen (secondary N) is 1. The summed E-state index contributed by atoms with van der Waals surface area (Å²) in [5.74, 6) is -0.659. The van der Waals surface area contributed by atoms with Gasteiger partial charge in [0.2, 0.25) is 5.91 Å². The normalized spacial score (nSPS) is 19.3. The molecule has 0 saturated carbocycles. The van der Waals surface area contributed by atoms with E-state index < -0.39 is 11.4 Å². The molecule has 5 nitrogen and oxygen atoms in total. The summed E-state index contributed by atoms with van der Waals surface area (Å²) in [7, 11) is 0. The average molecular weight is 374 g/mol. The largest absolute Gasteiger partial charge is 0.348 e. The van der Waals surface area contributed by atoms with E-state index in [4.69, 9.17) is 0 Å². The number of nitrogens with zero attached hydrogens (tertiary/aromatic N) is 3. The predicted octanol–water partition coefficient (Wildman–Crippen LogP) is 2.97. The number of carbonyl (C=O) groups excluding carboxylic acids is 1. The third-order valence-corrected chi connectivity index (χ3v) is 5.95. The Balaban J connectivity index is 1.55. The number of fused-ring (bicyclic) bond motifs is 2. The van der Waals surface area contributed by atoms with Crippen molar-refractivity contribution in [1.29, 1.82) is 0 Å². The number of halogens is 2. The number of imidazole rings is 1. The van der Waals surface area contributed by atoms with Gasteiger partial charge in [-0.2, -0.15) is 0 Å². The summed E-state index contributed by atoms with van der Waals surface area (Å²) < 4.78 is 27.4. The van der Waals surface area contributed by atoms with Crippen molar-refractivity contribution in [3.05, 3.63) is 53.1 Å². The van der Waals surface area contributed by atoms with E-state index in [9.17, 15) is 13.6 Å². The summed E-state index contributed by atoms with van der Waals surface area (Å²) in [5, 5.41) is 0. The summed E-state index contributed by atoms with van der Waals surface area (Å²) >= 11 is 0. The van der Waals surface area contributed by atoms with Gasteiger partial charge in [0.1, 0.15) is 11.6 Å². The van der Waals surface area contributed by atoms with Crippen LogP contribution in [0.1, 0.15) is 43.1 Å². The molecule has 2 aliphatic heterocycles. The minimum absolute atomic E-state index is 0.147. The van der Waals surface area contributed by atoms with Crippen molar-refractivity contribution in [2.75, 3.05) is 19.6 Å². The van der Waals surface area contributed by atoms with E-state index in [-0.39, 0.29) is 11.7 Å². The number of aromatic nitrogens is 2. The fourth-order valence-corrected chi connectivity index (χ4v) is 4.53. The van der Waals surface area contributed by atoms with Crippen LogP contribution < -0.4 is 0 Å². The Morgan fingerprint density at radius 1 is 1.26 bits per heavy atom. The van der Waals surface area contributed by atoms with Crippen LogP contribution in [0.3, 0.4) is 0 Å². The van der Waals surface area contributed by atoms with Gasteiger partial charge in [-0.05, 0) is 31.0 Å². The lowest BCUT2D eigenvalue weighted by Crippen LogP contribution is -2.58. The maximum Gasteiger partial charge on any atom is 0.223 e. The Labute approximate surface area is 157 Å². The quantitative estimate of drug-likeness (QED) is 0.899. The lowest BCUT2D eigenvalue weighted by atomic mass is 9.78. The number of benzene rings is 1. The van der Waals surface area contributed by atoms with Gasteiger partial charge in [-0.1, -0.05) is 6.92 Å². The van der Waals surface area contributed by atoms with Gasteiger partial charge < -0.3 is 9.88 Å². The van der Waals surface area contributed by atoms with Crippen molar-refractivity contribution < 1.29 is 13.6 Å². The molecule has 3 heterocycles. The van der Waals surface area contributed by atoms with Crippen LogP contribution in [0.2, 0.25) is 0 Å². The van der Waals surface area contributed by atoms with Crippen LogP contribution >= 0.6 is 0 Å². The first-order chi connectivity index (χ1) is 13.0. The van der Waals surface area contributed by atoms with E-state index in [1.54, 1.807) is 6.33 Å². The van der Waals surface area contributed by atoms with E-state index in [0.717, 1.165) is 36.7 Å². The molecule has 1 fully saturated rings. The molecule has 4 rings (SSSR count). The Hall–Kier alpha value is -2.28. The van der Waals surface area contributed by atoms with E-state index in [2.05, 4.69) is 14.9 Å². The Morgan fingerprint density at radius 3 is 2.78 bits per heavy atom. The molecule has 0 radical (unpaired) electrons. The van der Waals surface area contributed by atoms with Crippen LogP contribution in [-0.4, -0.2) is 45.3 Å². The molecular formula is C20H24F2N4O. The van der Waals surface area contributed by atoms with Gasteiger partial charge >= 0.3 is 0 Å².